The van der Waals surface area contributed by atoms with Gasteiger partial charge in [0.05, 0.1) is 12.0 Å². The summed E-state index contributed by atoms with van der Waals surface area (Å²) in [6.45, 7) is 14.2. The van der Waals surface area contributed by atoms with E-state index in [1.54, 1.807) is 7.11 Å². The average molecular weight is 538 g/mol. The SMILES string of the molecule is CCc1ccc(C(=O)N(C[C@@H]2CNCC2CNC(=O)C(C)(C)c2ccccc2)C(C)C)cc1OCCCOC. The molecule has 2 aromatic rings. The van der Waals surface area contributed by atoms with E-state index in [-0.39, 0.29) is 29.7 Å². The Morgan fingerprint density at radius 1 is 1.08 bits per heavy atom. The van der Waals surface area contributed by atoms with Gasteiger partial charge < -0.3 is 25.0 Å². The van der Waals surface area contributed by atoms with Crippen molar-refractivity contribution in [2.45, 2.75) is 58.9 Å². The molecule has 1 aliphatic rings. The second-order valence-electron chi connectivity index (χ2n) is 11.3. The zero-order chi connectivity index (χ0) is 28.4. The highest BCUT2D eigenvalue weighted by atomic mass is 16.5. The third-order valence-corrected chi connectivity index (χ3v) is 7.83. The summed E-state index contributed by atoms with van der Waals surface area (Å²) >= 11 is 0. The van der Waals surface area contributed by atoms with Gasteiger partial charge in [0.1, 0.15) is 5.75 Å². The number of hydrogen-bond donors (Lipinski definition) is 2. The summed E-state index contributed by atoms with van der Waals surface area (Å²) in [5, 5.41) is 6.68. The first-order valence-corrected chi connectivity index (χ1v) is 14.3. The van der Waals surface area contributed by atoms with Crippen molar-refractivity contribution in [3.8, 4) is 5.75 Å². The molecule has 0 saturated carbocycles. The van der Waals surface area contributed by atoms with Crippen molar-refractivity contribution in [3.63, 3.8) is 0 Å². The number of hydrogen-bond acceptors (Lipinski definition) is 5. The van der Waals surface area contributed by atoms with E-state index in [0.29, 0.717) is 31.9 Å². The van der Waals surface area contributed by atoms with Crippen molar-refractivity contribution < 1.29 is 19.1 Å². The Kier molecular flexibility index (Phi) is 11.4. The molecule has 2 amide bonds. The van der Waals surface area contributed by atoms with Crippen LogP contribution < -0.4 is 15.4 Å². The lowest BCUT2D eigenvalue weighted by Gasteiger charge is -2.32. The van der Waals surface area contributed by atoms with Gasteiger partial charge in [-0.25, -0.2) is 0 Å². The van der Waals surface area contributed by atoms with Crippen LogP contribution in [0.3, 0.4) is 0 Å². The zero-order valence-electron chi connectivity index (χ0n) is 24.6. The molecular weight excluding hydrogens is 490 g/mol. The summed E-state index contributed by atoms with van der Waals surface area (Å²) in [6, 6.07) is 15.7. The molecule has 3 rings (SSSR count). The number of nitrogens with zero attached hydrogens (tertiary/aromatic N) is 1. The molecule has 2 N–H and O–H groups in total. The minimum absolute atomic E-state index is 0.00860. The van der Waals surface area contributed by atoms with Gasteiger partial charge in [-0.1, -0.05) is 43.3 Å². The number of amides is 2. The Hall–Kier alpha value is -2.90. The van der Waals surface area contributed by atoms with Gasteiger partial charge in [0.2, 0.25) is 5.91 Å². The van der Waals surface area contributed by atoms with Gasteiger partial charge >= 0.3 is 0 Å². The molecule has 1 heterocycles. The Labute approximate surface area is 234 Å². The zero-order valence-corrected chi connectivity index (χ0v) is 24.6. The fraction of sp³-hybridized carbons (Fsp3) is 0.562. The Morgan fingerprint density at radius 2 is 1.79 bits per heavy atom. The maximum absolute atomic E-state index is 13.7. The van der Waals surface area contributed by atoms with Crippen molar-refractivity contribution in [3.05, 3.63) is 65.2 Å². The Morgan fingerprint density at radius 3 is 2.46 bits per heavy atom. The van der Waals surface area contributed by atoms with Crippen LogP contribution in [0.15, 0.2) is 48.5 Å². The van der Waals surface area contributed by atoms with E-state index in [1.165, 1.54) is 0 Å². The smallest absolute Gasteiger partial charge is 0.254 e. The molecule has 1 aliphatic heterocycles. The Balaban J connectivity index is 1.66. The molecule has 2 aromatic carbocycles. The average Bonchev–Trinajstić information content (AvgIpc) is 3.39. The molecule has 214 valence electrons. The fourth-order valence-electron chi connectivity index (χ4n) is 5.12. The predicted molar refractivity (Wildman–Crippen MR) is 156 cm³/mol. The Bertz CT molecular complexity index is 1070. The molecule has 7 nitrogen and oxygen atoms in total. The number of methoxy groups -OCH3 is 1. The van der Waals surface area contributed by atoms with E-state index in [1.807, 2.05) is 67.3 Å². The van der Waals surface area contributed by atoms with Crippen molar-refractivity contribution in [2.75, 3.05) is 46.5 Å². The van der Waals surface area contributed by atoms with Crippen molar-refractivity contribution >= 4 is 11.8 Å². The number of rotatable bonds is 14. The van der Waals surface area contributed by atoms with E-state index in [4.69, 9.17) is 9.47 Å². The largest absolute Gasteiger partial charge is 0.493 e. The van der Waals surface area contributed by atoms with E-state index in [9.17, 15) is 9.59 Å². The molecule has 2 atom stereocenters. The van der Waals surface area contributed by atoms with Crippen LogP contribution >= 0.6 is 0 Å². The summed E-state index contributed by atoms with van der Waals surface area (Å²) in [5.41, 5.74) is 2.12. The highest BCUT2D eigenvalue weighted by molar-refractivity contribution is 5.95. The molecule has 1 unspecified atom stereocenters. The standard InChI is InChI=1S/C32H47N3O4/c1-7-24-14-15-25(18-29(24)39-17-11-16-38-6)30(36)35(23(2)3)22-27-20-33-19-26(27)21-34-31(37)32(4,5)28-12-9-8-10-13-28/h8-10,12-15,18,23,26-27,33H,7,11,16-17,19-22H2,1-6H3,(H,34,37)/t26?,27-/m0/s1. The first-order chi connectivity index (χ1) is 18.7. The number of benzene rings is 2. The van der Waals surface area contributed by atoms with Gasteiger partial charge in [-0.2, -0.15) is 0 Å². The van der Waals surface area contributed by atoms with Crippen LogP contribution in [0.4, 0.5) is 0 Å². The first kappa shape index (κ1) is 30.6. The van der Waals surface area contributed by atoms with Crippen molar-refractivity contribution in [1.29, 1.82) is 0 Å². The maximum atomic E-state index is 13.7. The van der Waals surface area contributed by atoms with Gasteiger partial charge in [-0.15, -0.1) is 0 Å². The van der Waals surface area contributed by atoms with Crippen LogP contribution in [-0.2, 0) is 21.4 Å². The third kappa shape index (κ3) is 8.05. The quantitative estimate of drug-likeness (QED) is 0.348. The lowest BCUT2D eigenvalue weighted by molar-refractivity contribution is -0.125. The van der Waals surface area contributed by atoms with Crippen LogP contribution in [0.25, 0.3) is 0 Å². The molecule has 1 fully saturated rings. The number of carbonyl (C=O) groups excluding carboxylic acids is 2. The van der Waals surface area contributed by atoms with E-state index < -0.39 is 5.41 Å². The monoisotopic (exact) mass is 537 g/mol. The molecule has 0 spiro atoms. The van der Waals surface area contributed by atoms with Crippen LogP contribution in [0, 0.1) is 11.8 Å². The first-order valence-electron chi connectivity index (χ1n) is 14.3. The van der Waals surface area contributed by atoms with Crippen molar-refractivity contribution in [1.82, 2.24) is 15.5 Å². The summed E-state index contributed by atoms with van der Waals surface area (Å²) in [5.74, 6) is 1.29. The maximum Gasteiger partial charge on any atom is 0.254 e. The molecule has 0 bridgehead atoms. The van der Waals surface area contributed by atoms with Gasteiger partial charge in [0.25, 0.3) is 5.91 Å². The van der Waals surface area contributed by atoms with Gasteiger partial charge in [0.15, 0.2) is 0 Å². The predicted octanol–water partition coefficient (Wildman–Crippen LogP) is 4.44. The molecular formula is C32H47N3O4. The molecule has 0 aliphatic carbocycles. The van der Waals surface area contributed by atoms with Gasteiger partial charge in [0, 0.05) is 57.9 Å². The fourth-order valence-corrected chi connectivity index (χ4v) is 5.12. The number of nitrogens with one attached hydrogen (secondary N) is 2. The summed E-state index contributed by atoms with van der Waals surface area (Å²) in [6.07, 6.45) is 1.63. The molecule has 39 heavy (non-hydrogen) atoms. The van der Waals surface area contributed by atoms with Crippen LogP contribution in [0.1, 0.15) is 62.5 Å². The van der Waals surface area contributed by atoms with Crippen LogP contribution in [0.2, 0.25) is 0 Å². The van der Waals surface area contributed by atoms with Gasteiger partial charge in [-0.3, -0.25) is 9.59 Å². The highest BCUT2D eigenvalue weighted by Gasteiger charge is 2.34. The van der Waals surface area contributed by atoms with Crippen LogP contribution in [0.5, 0.6) is 5.75 Å². The number of carbonyl (C=O) groups is 2. The molecule has 0 radical (unpaired) electrons. The summed E-state index contributed by atoms with van der Waals surface area (Å²) in [4.78, 5) is 28.8. The number of aryl methyl sites for hydroxylation is 1. The van der Waals surface area contributed by atoms with E-state index in [2.05, 4.69) is 31.4 Å². The molecule has 7 heteroatoms. The van der Waals surface area contributed by atoms with Crippen molar-refractivity contribution in [2.24, 2.45) is 11.8 Å². The summed E-state index contributed by atoms with van der Waals surface area (Å²) < 4.78 is 11.2. The second-order valence-corrected chi connectivity index (χ2v) is 11.3. The lowest BCUT2D eigenvalue weighted by Crippen LogP contribution is -2.46. The van der Waals surface area contributed by atoms with Gasteiger partial charge in [-0.05, 0) is 69.2 Å². The minimum atomic E-state index is -0.614. The van der Waals surface area contributed by atoms with E-state index in [0.717, 1.165) is 42.8 Å². The highest BCUT2D eigenvalue weighted by Crippen LogP contribution is 2.26. The number of ether oxygens (including phenoxy) is 2. The summed E-state index contributed by atoms with van der Waals surface area (Å²) in [7, 11) is 1.68. The normalized spacial score (nSPS) is 17.3. The minimum Gasteiger partial charge on any atom is -0.493 e. The third-order valence-electron chi connectivity index (χ3n) is 7.83. The molecule has 0 aromatic heterocycles. The topological polar surface area (TPSA) is 79.9 Å². The van der Waals surface area contributed by atoms with Crippen LogP contribution in [-0.4, -0.2) is 69.3 Å². The lowest BCUT2D eigenvalue weighted by atomic mass is 9.83. The molecule has 1 saturated heterocycles. The second kappa shape index (κ2) is 14.5. The van der Waals surface area contributed by atoms with E-state index >= 15 is 0 Å².